The minimum Gasteiger partial charge on any atom is -0.491 e. The molecule has 0 aliphatic rings. The van der Waals surface area contributed by atoms with Crippen LogP contribution in [0, 0.1) is 0 Å². The fourth-order valence-electron chi connectivity index (χ4n) is 3.87. The molecule has 0 saturated carbocycles. The number of halogens is 3. The maximum Gasteiger partial charge on any atom is 0.420 e. The van der Waals surface area contributed by atoms with Gasteiger partial charge in [0.25, 0.3) is 0 Å². The number of nitrogens with one attached hydrogen (secondary N) is 1. The zero-order chi connectivity index (χ0) is 23.9. The zero-order valence-electron chi connectivity index (χ0n) is 18.5. The number of carbonyl (C=O) groups is 1. The maximum absolute atomic E-state index is 13.7. The fourth-order valence-corrected chi connectivity index (χ4v) is 3.87. The number of hydrogen-bond acceptors (Lipinski definition) is 3. The highest BCUT2D eigenvalue weighted by molar-refractivity contribution is 6.02. The van der Waals surface area contributed by atoms with Crippen molar-refractivity contribution in [2.75, 3.05) is 25.6 Å². The lowest BCUT2D eigenvalue weighted by molar-refractivity contribution is -0.139. The molecular formula is C26H26F3NO3. The number of rotatable bonds is 9. The summed E-state index contributed by atoms with van der Waals surface area (Å²) in [6.45, 7) is 2.02. The molecule has 0 aliphatic carbocycles. The first-order valence-electron chi connectivity index (χ1n) is 10.6. The molecule has 0 saturated heterocycles. The van der Waals surface area contributed by atoms with Gasteiger partial charge in [0.15, 0.2) is 0 Å². The summed E-state index contributed by atoms with van der Waals surface area (Å²) in [6, 6.07) is 22.0. The number of alkyl halides is 3. The molecule has 0 atom stereocenters. The lowest BCUT2D eigenvalue weighted by atomic mass is 9.71. The normalized spacial score (nSPS) is 11.8. The van der Waals surface area contributed by atoms with E-state index in [0.717, 1.165) is 17.2 Å². The van der Waals surface area contributed by atoms with Gasteiger partial charge in [0.05, 0.1) is 17.6 Å². The Bertz CT molecular complexity index is 1010. The number of hydrogen-bond donors (Lipinski definition) is 1. The van der Waals surface area contributed by atoms with Crippen LogP contribution in [-0.2, 0) is 21.1 Å². The highest BCUT2D eigenvalue weighted by atomic mass is 19.4. The van der Waals surface area contributed by atoms with E-state index in [1.165, 1.54) is 19.2 Å². The highest BCUT2D eigenvalue weighted by Crippen LogP contribution is 2.40. The van der Waals surface area contributed by atoms with Gasteiger partial charge in [-0.1, -0.05) is 67.6 Å². The van der Waals surface area contributed by atoms with Crippen LogP contribution in [0.5, 0.6) is 5.75 Å². The predicted octanol–water partition coefficient (Wildman–Crippen LogP) is 6.07. The topological polar surface area (TPSA) is 47.6 Å². The van der Waals surface area contributed by atoms with Crippen LogP contribution in [0.4, 0.5) is 18.9 Å². The largest absolute Gasteiger partial charge is 0.491 e. The molecule has 0 bridgehead atoms. The van der Waals surface area contributed by atoms with Crippen LogP contribution in [0.1, 0.15) is 30.0 Å². The molecular weight excluding hydrogens is 431 g/mol. The molecule has 3 aromatic carbocycles. The Morgan fingerprint density at radius 3 is 1.94 bits per heavy atom. The molecule has 0 heterocycles. The van der Waals surface area contributed by atoms with Gasteiger partial charge in [0.1, 0.15) is 12.4 Å². The minimum absolute atomic E-state index is 0.0216. The van der Waals surface area contributed by atoms with Crippen LogP contribution in [0.25, 0.3) is 0 Å². The van der Waals surface area contributed by atoms with E-state index < -0.39 is 23.1 Å². The Balaban J connectivity index is 2.01. The Hall–Kier alpha value is -3.32. The second-order valence-electron chi connectivity index (χ2n) is 7.50. The van der Waals surface area contributed by atoms with Crippen molar-refractivity contribution in [3.05, 3.63) is 95.6 Å². The lowest BCUT2D eigenvalue weighted by Crippen LogP contribution is -2.41. The van der Waals surface area contributed by atoms with Crippen molar-refractivity contribution in [1.82, 2.24) is 0 Å². The number of carbonyl (C=O) groups excluding carboxylic acids is 1. The molecule has 0 radical (unpaired) electrons. The molecule has 0 aromatic heterocycles. The third kappa shape index (κ3) is 5.37. The second kappa shape index (κ2) is 10.5. The van der Waals surface area contributed by atoms with Crippen LogP contribution < -0.4 is 10.1 Å². The molecule has 0 fully saturated rings. The van der Waals surface area contributed by atoms with Crippen molar-refractivity contribution in [2.24, 2.45) is 0 Å². The van der Waals surface area contributed by atoms with E-state index in [-0.39, 0.29) is 24.7 Å². The number of amides is 1. The van der Waals surface area contributed by atoms with Gasteiger partial charge in [-0.05, 0) is 35.7 Å². The quantitative estimate of drug-likeness (QED) is 0.397. The predicted molar refractivity (Wildman–Crippen MR) is 121 cm³/mol. The van der Waals surface area contributed by atoms with Crippen LogP contribution in [0.15, 0.2) is 78.9 Å². The first-order valence-corrected chi connectivity index (χ1v) is 10.6. The first kappa shape index (κ1) is 24.3. The van der Waals surface area contributed by atoms with E-state index in [0.29, 0.717) is 6.42 Å². The van der Waals surface area contributed by atoms with Crippen molar-refractivity contribution >= 4 is 11.6 Å². The Morgan fingerprint density at radius 2 is 1.45 bits per heavy atom. The molecule has 0 spiro atoms. The van der Waals surface area contributed by atoms with Gasteiger partial charge in [0.2, 0.25) is 5.91 Å². The monoisotopic (exact) mass is 457 g/mol. The van der Waals surface area contributed by atoms with Crippen LogP contribution >= 0.6 is 0 Å². The molecule has 1 N–H and O–H groups in total. The van der Waals surface area contributed by atoms with Crippen LogP contribution in [0.2, 0.25) is 0 Å². The highest BCUT2D eigenvalue weighted by Gasteiger charge is 2.41. The van der Waals surface area contributed by atoms with Crippen molar-refractivity contribution in [3.63, 3.8) is 0 Å². The molecule has 33 heavy (non-hydrogen) atoms. The summed E-state index contributed by atoms with van der Waals surface area (Å²) in [7, 11) is 1.44. The SMILES string of the molecule is CCC(C(=O)Nc1ccc(OCCOC)c(C(F)(F)F)c1)(c1ccccc1)c1ccccc1. The lowest BCUT2D eigenvalue weighted by Gasteiger charge is -2.33. The second-order valence-corrected chi connectivity index (χ2v) is 7.50. The molecule has 0 unspecified atom stereocenters. The number of methoxy groups -OCH3 is 1. The van der Waals surface area contributed by atoms with E-state index in [1.54, 1.807) is 0 Å². The summed E-state index contributed by atoms with van der Waals surface area (Å²) < 4.78 is 51.1. The first-order chi connectivity index (χ1) is 15.8. The summed E-state index contributed by atoms with van der Waals surface area (Å²) in [5.41, 5.74) is -0.485. The minimum atomic E-state index is -4.65. The third-order valence-electron chi connectivity index (χ3n) is 5.54. The van der Waals surface area contributed by atoms with Crippen LogP contribution in [-0.4, -0.2) is 26.2 Å². The average Bonchev–Trinajstić information content (AvgIpc) is 2.82. The van der Waals surface area contributed by atoms with Gasteiger partial charge < -0.3 is 14.8 Å². The Kier molecular flexibility index (Phi) is 7.76. The number of anilines is 1. The third-order valence-corrected chi connectivity index (χ3v) is 5.54. The molecule has 1 amide bonds. The Morgan fingerprint density at radius 1 is 0.879 bits per heavy atom. The van der Waals surface area contributed by atoms with Gasteiger partial charge in [-0.25, -0.2) is 0 Å². The smallest absolute Gasteiger partial charge is 0.420 e. The van der Waals surface area contributed by atoms with Crippen molar-refractivity contribution in [1.29, 1.82) is 0 Å². The summed E-state index contributed by atoms with van der Waals surface area (Å²) in [5.74, 6) is -0.728. The van der Waals surface area contributed by atoms with E-state index >= 15 is 0 Å². The van der Waals surface area contributed by atoms with Crippen molar-refractivity contribution in [2.45, 2.75) is 24.9 Å². The van der Waals surface area contributed by atoms with Crippen molar-refractivity contribution < 1.29 is 27.4 Å². The maximum atomic E-state index is 13.7. The van der Waals surface area contributed by atoms with E-state index in [9.17, 15) is 18.0 Å². The number of ether oxygens (including phenoxy) is 2. The van der Waals surface area contributed by atoms with E-state index in [2.05, 4.69) is 5.32 Å². The Labute approximate surface area is 191 Å². The molecule has 0 aliphatic heterocycles. The van der Waals surface area contributed by atoms with E-state index in [4.69, 9.17) is 9.47 Å². The summed E-state index contributed by atoms with van der Waals surface area (Å²) in [6.07, 6.45) is -4.24. The molecule has 3 rings (SSSR count). The zero-order valence-corrected chi connectivity index (χ0v) is 18.5. The summed E-state index contributed by atoms with van der Waals surface area (Å²) >= 11 is 0. The van der Waals surface area contributed by atoms with Gasteiger partial charge in [-0.2, -0.15) is 13.2 Å². The van der Waals surface area contributed by atoms with Crippen LogP contribution in [0.3, 0.4) is 0 Å². The molecule has 3 aromatic rings. The molecule has 4 nitrogen and oxygen atoms in total. The average molecular weight is 457 g/mol. The van der Waals surface area contributed by atoms with Gasteiger partial charge >= 0.3 is 6.18 Å². The van der Waals surface area contributed by atoms with Gasteiger partial charge in [0, 0.05) is 12.8 Å². The van der Waals surface area contributed by atoms with Crippen molar-refractivity contribution in [3.8, 4) is 5.75 Å². The van der Waals surface area contributed by atoms with Gasteiger partial charge in [-0.3, -0.25) is 4.79 Å². The summed E-state index contributed by atoms with van der Waals surface area (Å²) in [5, 5.41) is 2.72. The molecule has 7 heteroatoms. The molecule has 174 valence electrons. The number of benzene rings is 3. The standard InChI is InChI=1S/C26H26F3NO3/c1-3-25(19-10-6-4-7-11-19,20-12-8-5-9-13-20)24(31)30-21-14-15-23(33-17-16-32-2)22(18-21)26(27,28)29/h4-15,18H,3,16-17H2,1-2H3,(H,30,31). The summed E-state index contributed by atoms with van der Waals surface area (Å²) in [4.78, 5) is 13.7. The fraction of sp³-hybridized carbons (Fsp3) is 0.269. The van der Waals surface area contributed by atoms with Gasteiger partial charge in [-0.15, -0.1) is 0 Å². The van der Waals surface area contributed by atoms with E-state index in [1.807, 2.05) is 67.6 Å².